The smallest absolute Gasteiger partial charge is 0.224 e. The third kappa shape index (κ3) is 6.49. The number of para-hydroxylation sites is 1. The van der Waals surface area contributed by atoms with Crippen LogP contribution in [-0.2, 0) is 11.3 Å². The van der Waals surface area contributed by atoms with Crippen LogP contribution in [0.15, 0.2) is 48.5 Å². The fourth-order valence-corrected chi connectivity index (χ4v) is 2.51. The normalized spacial score (nSPS) is 10.8. The van der Waals surface area contributed by atoms with Crippen molar-refractivity contribution in [3.63, 3.8) is 0 Å². The van der Waals surface area contributed by atoms with Crippen LogP contribution >= 0.6 is 0 Å². The standard InChI is InChI=1S/C21H28N2O2/c1-15(2)12-21(24)23-19-10-7-9-18(13-19)22-14-17-8-5-6-11-20(17)25-16(3)4/h5-11,13,15-16,22H,12,14H2,1-4H3,(H,23,24). The average Bonchev–Trinajstić information content (AvgIpc) is 2.53. The van der Waals surface area contributed by atoms with Gasteiger partial charge in [0.15, 0.2) is 0 Å². The first-order valence-electron chi connectivity index (χ1n) is 8.82. The maximum atomic E-state index is 11.9. The van der Waals surface area contributed by atoms with Crippen LogP contribution < -0.4 is 15.4 Å². The Hall–Kier alpha value is -2.49. The highest BCUT2D eigenvalue weighted by Gasteiger charge is 2.07. The lowest BCUT2D eigenvalue weighted by molar-refractivity contribution is -0.116. The molecule has 0 bridgehead atoms. The van der Waals surface area contributed by atoms with Crippen LogP contribution in [0.1, 0.15) is 39.7 Å². The van der Waals surface area contributed by atoms with Gasteiger partial charge in [0.25, 0.3) is 0 Å². The first-order valence-corrected chi connectivity index (χ1v) is 8.82. The number of ether oxygens (including phenoxy) is 1. The largest absolute Gasteiger partial charge is 0.491 e. The predicted molar refractivity (Wildman–Crippen MR) is 104 cm³/mol. The Labute approximate surface area is 150 Å². The topological polar surface area (TPSA) is 50.4 Å². The van der Waals surface area contributed by atoms with Gasteiger partial charge in [-0.3, -0.25) is 4.79 Å². The number of hydrogen-bond acceptors (Lipinski definition) is 3. The maximum absolute atomic E-state index is 11.9. The third-order valence-corrected chi connectivity index (χ3v) is 3.56. The first kappa shape index (κ1) is 18.8. The van der Waals surface area contributed by atoms with E-state index in [1.807, 2.05) is 70.2 Å². The molecule has 134 valence electrons. The molecule has 4 nitrogen and oxygen atoms in total. The number of carbonyl (C=O) groups excluding carboxylic acids is 1. The Morgan fingerprint density at radius 3 is 2.44 bits per heavy atom. The van der Waals surface area contributed by atoms with Crippen molar-refractivity contribution in [3.05, 3.63) is 54.1 Å². The Balaban J connectivity index is 2.00. The molecule has 0 aliphatic rings. The molecule has 25 heavy (non-hydrogen) atoms. The van der Waals surface area contributed by atoms with Crippen molar-refractivity contribution < 1.29 is 9.53 Å². The van der Waals surface area contributed by atoms with Gasteiger partial charge in [0.2, 0.25) is 5.91 Å². The molecule has 0 heterocycles. The number of rotatable bonds is 8. The summed E-state index contributed by atoms with van der Waals surface area (Å²) in [5.74, 6) is 1.29. The monoisotopic (exact) mass is 340 g/mol. The molecule has 0 saturated carbocycles. The van der Waals surface area contributed by atoms with Crippen LogP contribution in [0.25, 0.3) is 0 Å². The van der Waals surface area contributed by atoms with Gasteiger partial charge >= 0.3 is 0 Å². The van der Waals surface area contributed by atoms with E-state index in [0.29, 0.717) is 18.9 Å². The molecular weight excluding hydrogens is 312 g/mol. The summed E-state index contributed by atoms with van der Waals surface area (Å²) in [6.07, 6.45) is 0.665. The van der Waals surface area contributed by atoms with E-state index in [0.717, 1.165) is 22.7 Å². The van der Waals surface area contributed by atoms with Crippen molar-refractivity contribution in [2.45, 2.75) is 46.8 Å². The van der Waals surface area contributed by atoms with Crippen molar-refractivity contribution >= 4 is 17.3 Å². The molecule has 0 saturated heterocycles. The van der Waals surface area contributed by atoms with E-state index in [1.54, 1.807) is 0 Å². The fourth-order valence-electron chi connectivity index (χ4n) is 2.51. The van der Waals surface area contributed by atoms with Gasteiger partial charge in [0, 0.05) is 29.9 Å². The van der Waals surface area contributed by atoms with E-state index in [-0.39, 0.29) is 12.0 Å². The summed E-state index contributed by atoms with van der Waals surface area (Å²) >= 11 is 0. The molecule has 0 unspecified atom stereocenters. The lowest BCUT2D eigenvalue weighted by Crippen LogP contribution is -2.14. The van der Waals surface area contributed by atoms with Crippen molar-refractivity contribution in [1.82, 2.24) is 0 Å². The first-order chi connectivity index (χ1) is 11.9. The SMILES string of the molecule is CC(C)CC(=O)Nc1cccc(NCc2ccccc2OC(C)C)c1. The number of anilines is 2. The molecular formula is C21H28N2O2. The van der Waals surface area contributed by atoms with Crippen molar-refractivity contribution in [1.29, 1.82) is 0 Å². The molecule has 0 fully saturated rings. The van der Waals surface area contributed by atoms with E-state index < -0.39 is 0 Å². The Kier molecular flexibility index (Phi) is 6.87. The minimum absolute atomic E-state index is 0.0443. The molecule has 0 aromatic heterocycles. The summed E-state index contributed by atoms with van der Waals surface area (Å²) in [5.41, 5.74) is 2.87. The van der Waals surface area contributed by atoms with Crippen LogP contribution in [0.5, 0.6) is 5.75 Å². The minimum Gasteiger partial charge on any atom is -0.491 e. The lowest BCUT2D eigenvalue weighted by atomic mass is 10.1. The summed E-state index contributed by atoms with van der Waals surface area (Å²) in [6.45, 7) is 8.77. The number of benzene rings is 2. The van der Waals surface area contributed by atoms with Crippen LogP contribution in [0, 0.1) is 5.92 Å². The summed E-state index contributed by atoms with van der Waals surface area (Å²) < 4.78 is 5.85. The zero-order valence-electron chi connectivity index (χ0n) is 15.5. The lowest BCUT2D eigenvalue weighted by Gasteiger charge is -2.15. The van der Waals surface area contributed by atoms with E-state index in [9.17, 15) is 4.79 Å². The van der Waals surface area contributed by atoms with Crippen LogP contribution in [-0.4, -0.2) is 12.0 Å². The third-order valence-electron chi connectivity index (χ3n) is 3.56. The average molecular weight is 340 g/mol. The zero-order valence-corrected chi connectivity index (χ0v) is 15.5. The highest BCUT2D eigenvalue weighted by Crippen LogP contribution is 2.22. The van der Waals surface area contributed by atoms with Gasteiger partial charge in [-0.15, -0.1) is 0 Å². The Morgan fingerprint density at radius 1 is 1.00 bits per heavy atom. The van der Waals surface area contributed by atoms with Crippen LogP contribution in [0.4, 0.5) is 11.4 Å². The molecule has 0 aliphatic heterocycles. The highest BCUT2D eigenvalue weighted by molar-refractivity contribution is 5.91. The predicted octanol–water partition coefficient (Wildman–Crippen LogP) is 5.07. The summed E-state index contributed by atoms with van der Waals surface area (Å²) in [4.78, 5) is 11.9. The molecule has 4 heteroatoms. The second kappa shape index (κ2) is 9.11. The molecule has 2 aromatic rings. The number of hydrogen-bond donors (Lipinski definition) is 2. The summed E-state index contributed by atoms with van der Waals surface area (Å²) in [6, 6.07) is 15.8. The van der Waals surface area contributed by atoms with Gasteiger partial charge in [-0.05, 0) is 44.0 Å². The molecule has 2 N–H and O–H groups in total. The van der Waals surface area contributed by atoms with E-state index in [2.05, 4.69) is 16.7 Å². The fraction of sp³-hybridized carbons (Fsp3) is 0.381. The summed E-state index contributed by atoms with van der Waals surface area (Å²) in [7, 11) is 0. The molecule has 0 aliphatic carbocycles. The number of carbonyl (C=O) groups is 1. The molecule has 0 radical (unpaired) electrons. The highest BCUT2D eigenvalue weighted by atomic mass is 16.5. The van der Waals surface area contributed by atoms with E-state index >= 15 is 0 Å². The number of amides is 1. The minimum atomic E-state index is 0.0443. The summed E-state index contributed by atoms with van der Waals surface area (Å²) in [5, 5.41) is 6.34. The molecule has 0 atom stereocenters. The quantitative estimate of drug-likeness (QED) is 0.705. The van der Waals surface area contributed by atoms with Crippen LogP contribution in [0.2, 0.25) is 0 Å². The molecule has 1 amide bonds. The van der Waals surface area contributed by atoms with Gasteiger partial charge in [-0.1, -0.05) is 38.1 Å². The van der Waals surface area contributed by atoms with Gasteiger partial charge in [-0.2, -0.15) is 0 Å². The van der Waals surface area contributed by atoms with Gasteiger partial charge in [0.1, 0.15) is 5.75 Å². The number of nitrogens with one attached hydrogen (secondary N) is 2. The van der Waals surface area contributed by atoms with Gasteiger partial charge in [0.05, 0.1) is 6.10 Å². The van der Waals surface area contributed by atoms with Crippen molar-refractivity contribution in [3.8, 4) is 5.75 Å². The maximum Gasteiger partial charge on any atom is 0.224 e. The Bertz CT molecular complexity index is 696. The molecule has 0 spiro atoms. The molecule has 2 rings (SSSR count). The van der Waals surface area contributed by atoms with Gasteiger partial charge in [-0.25, -0.2) is 0 Å². The van der Waals surface area contributed by atoms with Crippen molar-refractivity contribution in [2.24, 2.45) is 5.92 Å². The zero-order chi connectivity index (χ0) is 18.2. The van der Waals surface area contributed by atoms with Gasteiger partial charge < -0.3 is 15.4 Å². The molecule has 2 aromatic carbocycles. The van der Waals surface area contributed by atoms with Crippen molar-refractivity contribution in [2.75, 3.05) is 10.6 Å². The second-order valence-corrected chi connectivity index (χ2v) is 6.85. The van der Waals surface area contributed by atoms with Crippen LogP contribution in [0.3, 0.4) is 0 Å². The second-order valence-electron chi connectivity index (χ2n) is 6.85. The van der Waals surface area contributed by atoms with E-state index in [1.165, 1.54) is 0 Å². The Morgan fingerprint density at radius 2 is 1.72 bits per heavy atom. The van der Waals surface area contributed by atoms with E-state index in [4.69, 9.17) is 4.74 Å².